The van der Waals surface area contributed by atoms with Gasteiger partial charge >= 0.3 is 5.69 Å². The third-order valence-corrected chi connectivity index (χ3v) is 6.40. The van der Waals surface area contributed by atoms with Gasteiger partial charge < -0.3 is 10.1 Å². The van der Waals surface area contributed by atoms with Crippen molar-refractivity contribution in [3.63, 3.8) is 0 Å². The number of imidazole rings is 1. The van der Waals surface area contributed by atoms with Gasteiger partial charge in [-0.3, -0.25) is 19.2 Å². The van der Waals surface area contributed by atoms with Gasteiger partial charge in [-0.1, -0.05) is 18.9 Å². The van der Waals surface area contributed by atoms with Gasteiger partial charge in [0.2, 0.25) is 0 Å². The molecule has 1 N–H and O–H groups in total. The van der Waals surface area contributed by atoms with Crippen LogP contribution in [-0.2, 0) is 11.8 Å². The van der Waals surface area contributed by atoms with E-state index >= 15 is 0 Å². The first-order chi connectivity index (χ1) is 15.5. The predicted molar refractivity (Wildman–Crippen MR) is 122 cm³/mol. The maximum absolute atomic E-state index is 12.9. The van der Waals surface area contributed by atoms with E-state index in [-0.39, 0.29) is 22.3 Å². The fourth-order valence-corrected chi connectivity index (χ4v) is 4.75. The van der Waals surface area contributed by atoms with E-state index in [1.807, 2.05) is 22.8 Å². The molecule has 0 spiro atoms. The van der Waals surface area contributed by atoms with Crippen LogP contribution < -0.4 is 11.0 Å². The van der Waals surface area contributed by atoms with Crippen molar-refractivity contribution in [2.24, 2.45) is 7.05 Å². The number of aromatic nitrogens is 3. The van der Waals surface area contributed by atoms with Gasteiger partial charge in [-0.15, -0.1) is 0 Å². The molecule has 166 valence electrons. The molecule has 0 atom stereocenters. The number of benzene rings is 1. The number of non-ortho nitro benzene ring substituents is 1. The molecule has 2 aromatic heterocycles. The summed E-state index contributed by atoms with van der Waals surface area (Å²) in [6, 6.07) is 7.05. The van der Waals surface area contributed by atoms with Crippen LogP contribution in [0.15, 0.2) is 41.3 Å². The van der Waals surface area contributed by atoms with Gasteiger partial charge in [0.25, 0.3) is 5.69 Å². The zero-order chi connectivity index (χ0) is 22.2. The van der Waals surface area contributed by atoms with Crippen LogP contribution in [-0.4, -0.2) is 32.3 Å². The topological polar surface area (TPSA) is 104 Å². The number of rotatable bonds is 5. The molecule has 9 nitrogen and oxygen atoms in total. The molecule has 5 rings (SSSR count). The largest absolute Gasteiger partial charge is 0.377 e. The van der Waals surface area contributed by atoms with Crippen LogP contribution >= 0.6 is 0 Å². The molecule has 0 radical (unpaired) electrons. The Morgan fingerprint density at radius 1 is 1.19 bits per heavy atom. The average molecular weight is 435 g/mol. The summed E-state index contributed by atoms with van der Waals surface area (Å²) >= 11 is 0. The molecule has 0 bridgehead atoms. The minimum absolute atomic E-state index is 0.0149. The molecule has 0 amide bonds. The van der Waals surface area contributed by atoms with Gasteiger partial charge in [-0.25, -0.2) is 9.78 Å². The highest BCUT2D eigenvalue weighted by atomic mass is 16.6. The normalized spacial score (nSPS) is 17.0. The molecule has 2 aliphatic rings. The number of nitro benzene ring substituents is 1. The molecule has 1 fully saturated rings. The van der Waals surface area contributed by atoms with Gasteiger partial charge in [0.1, 0.15) is 5.82 Å². The van der Waals surface area contributed by atoms with E-state index in [0.29, 0.717) is 31.1 Å². The standard InChI is InChI=1S/C23H25N5O4/c1-26-21-14-24-22(13-20(21)27(23(26)29)18-4-2-3-5-18)25-17-10-16(11-19(12-17)28(30)31)15-6-8-32-9-7-15/h6,10-14,18H,2-5,7-9H2,1H3,(H,24,25). The molecule has 1 aliphatic heterocycles. The summed E-state index contributed by atoms with van der Waals surface area (Å²) in [5.74, 6) is 0.544. The lowest BCUT2D eigenvalue weighted by Crippen LogP contribution is -2.24. The summed E-state index contributed by atoms with van der Waals surface area (Å²) in [5, 5.41) is 14.7. The lowest BCUT2D eigenvalue weighted by molar-refractivity contribution is -0.384. The summed E-state index contributed by atoms with van der Waals surface area (Å²) in [6.45, 7) is 1.11. The summed E-state index contributed by atoms with van der Waals surface area (Å²) in [4.78, 5) is 28.5. The SMILES string of the molecule is Cn1c(=O)n(C2CCCC2)c2cc(Nc3cc(C4=CCOCC4)cc([N+](=O)[O-])c3)ncc21. The van der Waals surface area contributed by atoms with Gasteiger partial charge in [0.15, 0.2) is 0 Å². The summed E-state index contributed by atoms with van der Waals surface area (Å²) in [5.41, 5.74) is 4.01. The van der Waals surface area contributed by atoms with Crippen molar-refractivity contribution in [3.8, 4) is 0 Å². The van der Waals surface area contributed by atoms with Crippen LogP contribution in [0.2, 0.25) is 0 Å². The van der Waals surface area contributed by atoms with E-state index in [9.17, 15) is 14.9 Å². The van der Waals surface area contributed by atoms with E-state index in [1.54, 1.807) is 23.9 Å². The maximum atomic E-state index is 12.9. The van der Waals surface area contributed by atoms with Crippen LogP contribution in [0.5, 0.6) is 0 Å². The Balaban J connectivity index is 1.54. The highest BCUT2D eigenvalue weighted by Crippen LogP contribution is 2.33. The number of nitrogens with zero attached hydrogens (tertiary/aromatic N) is 4. The van der Waals surface area contributed by atoms with Gasteiger partial charge in [0, 0.05) is 37.0 Å². The molecule has 1 aliphatic carbocycles. The molecular formula is C23H25N5O4. The molecule has 32 heavy (non-hydrogen) atoms. The number of aryl methyl sites for hydroxylation is 1. The number of pyridine rings is 1. The highest BCUT2D eigenvalue weighted by molar-refractivity contribution is 5.80. The Morgan fingerprint density at radius 3 is 2.72 bits per heavy atom. The number of ether oxygens (including phenoxy) is 1. The van der Waals surface area contributed by atoms with Crippen molar-refractivity contribution < 1.29 is 9.66 Å². The fourth-order valence-electron chi connectivity index (χ4n) is 4.75. The number of fused-ring (bicyclic) bond motifs is 1. The summed E-state index contributed by atoms with van der Waals surface area (Å²) in [7, 11) is 1.76. The first-order valence-electron chi connectivity index (χ1n) is 10.9. The first kappa shape index (κ1) is 20.4. The third-order valence-electron chi connectivity index (χ3n) is 6.40. The highest BCUT2D eigenvalue weighted by Gasteiger charge is 2.23. The number of hydrogen-bond donors (Lipinski definition) is 1. The van der Waals surface area contributed by atoms with Crippen LogP contribution in [0.25, 0.3) is 16.6 Å². The molecule has 0 unspecified atom stereocenters. The van der Waals surface area contributed by atoms with Crippen molar-refractivity contribution in [1.29, 1.82) is 0 Å². The Bertz CT molecular complexity index is 1280. The van der Waals surface area contributed by atoms with Crippen LogP contribution in [0, 0.1) is 10.1 Å². The molecular weight excluding hydrogens is 410 g/mol. The van der Waals surface area contributed by atoms with Gasteiger partial charge in [0.05, 0.1) is 35.4 Å². The fraction of sp³-hybridized carbons (Fsp3) is 0.391. The second-order valence-corrected chi connectivity index (χ2v) is 8.41. The first-order valence-corrected chi connectivity index (χ1v) is 10.9. The van der Waals surface area contributed by atoms with E-state index < -0.39 is 0 Å². The number of nitro groups is 1. The van der Waals surface area contributed by atoms with Crippen molar-refractivity contribution in [1.82, 2.24) is 14.1 Å². The summed E-state index contributed by atoms with van der Waals surface area (Å²) in [6.07, 6.45) is 8.60. The maximum Gasteiger partial charge on any atom is 0.329 e. The van der Waals surface area contributed by atoms with E-state index in [4.69, 9.17) is 4.74 Å². The zero-order valence-corrected chi connectivity index (χ0v) is 17.9. The third kappa shape index (κ3) is 3.69. The Labute approximate surface area is 184 Å². The molecule has 0 saturated heterocycles. The zero-order valence-electron chi connectivity index (χ0n) is 17.9. The van der Waals surface area contributed by atoms with Crippen LogP contribution in [0.1, 0.15) is 43.7 Å². The second kappa shape index (κ2) is 8.23. The van der Waals surface area contributed by atoms with E-state index in [0.717, 1.165) is 47.9 Å². The number of hydrogen-bond acceptors (Lipinski definition) is 6. The predicted octanol–water partition coefficient (Wildman–Crippen LogP) is 4.31. The van der Waals surface area contributed by atoms with Crippen molar-refractivity contribution in [3.05, 3.63) is 62.7 Å². The monoisotopic (exact) mass is 435 g/mol. The van der Waals surface area contributed by atoms with Gasteiger partial charge in [-0.2, -0.15) is 0 Å². The Kier molecular flexibility index (Phi) is 5.26. The van der Waals surface area contributed by atoms with Crippen molar-refractivity contribution >= 4 is 33.8 Å². The summed E-state index contributed by atoms with van der Waals surface area (Å²) < 4.78 is 8.87. The molecule has 1 saturated carbocycles. The molecule has 3 heterocycles. The number of anilines is 2. The molecule has 9 heteroatoms. The van der Waals surface area contributed by atoms with E-state index in [2.05, 4.69) is 10.3 Å². The van der Waals surface area contributed by atoms with Crippen LogP contribution in [0.3, 0.4) is 0 Å². The van der Waals surface area contributed by atoms with Gasteiger partial charge in [-0.05, 0) is 36.5 Å². The van der Waals surface area contributed by atoms with Crippen molar-refractivity contribution in [2.75, 3.05) is 18.5 Å². The van der Waals surface area contributed by atoms with E-state index in [1.165, 1.54) is 6.07 Å². The molecule has 1 aromatic carbocycles. The Hall–Kier alpha value is -3.46. The van der Waals surface area contributed by atoms with Crippen LogP contribution in [0.4, 0.5) is 17.2 Å². The smallest absolute Gasteiger partial charge is 0.329 e. The number of nitrogens with one attached hydrogen (secondary N) is 1. The lowest BCUT2D eigenvalue weighted by atomic mass is 10.0. The molecule has 3 aromatic rings. The lowest BCUT2D eigenvalue weighted by Gasteiger charge is -2.15. The minimum Gasteiger partial charge on any atom is -0.377 e. The Morgan fingerprint density at radius 2 is 2.00 bits per heavy atom. The second-order valence-electron chi connectivity index (χ2n) is 8.41. The average Bonchev–Trinajstić information content (AvgIpc) is 3.41. The minimum atomic E-state index is -0.389. The van der Waals surface area contributed by atoms with Crippen molar-refractivity contribution in [2.45, 2.75) is 38.1 Å². The quantitative estimate of drug-likeness (QED) is 0.473.